The second-order valence-corrected chi connectivity index (χ2v) is 9.22. The topological polar surface area (TPSA) is 0 Å². The normalized spacial score (nSPS) is 14.2. The quantitative estimate of drug-likeness (QED) is 0.271. The van der Waals surface area contributed by atoms with Gasteiger partial charge in [-0.2, -0.15) is 0 Å². The molecule has 0 unspecified atom stereocenters. The molecule has 1 heterocycles. The Balaban J connectivity index is 1.98. The summed E-state index contributed by atoms with van der Waals surface area (Å²) >= 11 is 5.61. The molecule has 5 rings (SSSR count). The van der Waals surface area contributed by atoms with Crippen molar-refractivity contribution in [1.82, 2.24) is 0 Å². The highest BCUT2D eigenvalue weighted by atomic mass is 79.9. The minimum absolute atomic E-state index is 0.337. The van der Waals surface area contributed by atoms with Crippen LogP contribution < -0.4 is 0 Å². The molecule has 0 spiro atoms. The van der Waals surface area contributed by atoms with Crippen molar-refractivity contribution in [2.45, 2.75) is 22.1 Å². The van der Waals surface area contributed by atoms with E-state index in [2.05, 4.69) is 120 Å². The van der Waals surface area contributed by atoms with Gasteiger partial charge in [-0.05, 0) is 59.0 Å². The van der Waals surface area contributed by atoms with Crippen molar-refractivity contribution in [3.05, 3.63) is 129 Å². The number of fused-ring (bicyclic) bond motifs is 2. The van der Waals surface area contributed by atoms with E-state index < -0.39 is 0 Å². The van der Waals surface area contributed by atoms with Crippen molar-refractivity contribution in [2.24, 2.45) is 0 Å². The molecule has 0 bridgehead atoms. The number of hydrogen-bond acceptors (Lipinski definition) is 1. The summed E-state index contributed by atoms with van der Waals surface area (Å²) in [7, 11) is 0. The summed E-state index contributed by atoms with van der Waals surface area (Å²) in [6.07, 6.45) is 0. The predicted octanol–water partition coefficient (Wildman–Crippen LogP) is 7.60. The first kappa shape index (κ1) is 17.8. The van der Waals surface area contributed by atoms with E-state index >= 15 is 0 Å². The SMILES string of the molecule is Cc1ccc2c(c1)Sc1ccc(Br)cc1C2(c1ccccc1)c1ccccc1. The number of rotatable bonds is 2. The number of hydrogen-bond donors (Lipinski definition) is 0. The molecule has 0 fully saturated rings. The van der Waals surface area contributed by atoms with E-state index in [1.54, 1.807) is 0 Å². The van der Waals surface area contributed by atoms with Gasteiger partial charge in [-0.1, -0.05) is 100 Å². The smallest absolute Gasteiger partial charge is 0.0723 e. The van der Waals surface area contributed by atoms with Crippen molar-refractivity contribution in [3.63, 3.8) is 0 Å². The van der Waals surface area contributed by atoms with Crippen LogP contribution in [-0.2, 0) is 5.41 Å². The second-order valence-electron chi connectivity index (χ2n) is 7.22. The highest BCUT2D eigenvalue weighted by Crippen LogP contribution is 2.56. The molecule has 4 aromatic carbocycles. The summed E-state index contributed by atoms with van der Waals surface area (Å²) in [4.78, 5) is 2.65. The predicted molar refractivity (Wildman–Crippen MR) is 121 cm³/mol. The molecule has 0 amide bonds. The Morgan fingerprint density at radius 3 is 1.93 bits per heavy atom. The zero-order chi connectivity index (χ0) is 19.1. The molecule has 28 heavy (non-hydrogen) atoms. The van der Waals surface area contributed by atoms with Gasteiger partial charge in [0.25, 0.3) is 0 Å². The molecule has 1 aliphatic heterocycles. The maximum Gasteiger partial charge on any atom is 0.0723 e. The molecule has 0 radical (unpaired) electrons. The molecule has 0 aliphatic carbocycles. The maximum absolute atomic E-state index is 3.73. The average molecular weight is 443 g/mol. The molecule has 136 valence electrons. The van der Waals surface area contributed by atoms with Crippen LogP contribution in [0.1, 0.15) is 27.8 Å². The van der Waals surface area contributed by atoms with Gasteiger partial charge in [-0.25, -0.2) is 0 Å². The van der Waals surface area contributed by atoms with E-state index in [9.17, 15) is 0 Å². The summed E-state index contributed by atoms with van der Waals surface area (Å²) in [6, 6.07) is 35.4. The van der Waals surface area contributed by atoms with E-state index in [0.29, 0.717) is 0 Å². The molecular weight excluding hydrogens is 424 g/mol. The van der Waals surface area contributed by atoms with E-state index in [0.717, 1.165) is 4.47 Å². The lowest BCUT2D eigenvalue weighted by atomic mass is 9.65. The molecule has 2 heteroatoms. The van der Waals surface area contributed by atoms with Crippen LogP contribution >= 0.6 is 27.7 Å². The maximum atomic E-state index is 3.73. The Labute approximate surface area is 178 Å². The minimum atomic E-state index is -0.337. The Bertz CT molecular complexity index is 1110. The molecule has 0 atom stereocenters. The summed E-state index contributed by atoms with van der Waals surface area (Å²) in [5.41, 5.74) is 6.24. The summed E-state index contributed by atoms with van der Waals surface area (Å²) in [5.74, 6) is 0. The number of aryl methyl sites for hydroxylation is 1. The zero-order valence-electron chi connectivity index (χ0n) is 15.5. The lowest BCUT2D eigenvalue weighted by Gasteiger charge is -2.42. The lowest BCUT2D eigenvalue weighted by molar-refractivity contribution is 0.701. The van der Waals surface area contributed by atoms with Crippen LogP contribution in [0.2, 0.25) is 0 Å². The Morgan fingerprint density at radius 1 is 0.643 bits per heavy atom. The van der Waals surface area contributed by atoms with E-state index in [1.165, 1.54) is 37.6 Å². The third-order valence-corrected chi connectivity index (χ3v) is 7.15. The first-order chi connectivity index (χ1) is 13.7. The lowest BCUT2D eigenvalue weighted by Crippen LogP contribution is -2.34. The molecule has 0 N–H and O–H groups in total. The van der Waals surface area contributed by atoms with Gasteiger partial charge in [0.15, 0.2) is 0 Å². The van der Waals surface area contributed by atoms with Gasteiger partial charge < -0.3 is 0 Å². The minimum Gasteiger partial charge on any atom is -0.0894 e. The Morgan fingerprint density at radius 2 is 1.29 bits per heavy atom. The molecule has 0 aromatic heterocycles. The van der Waals surface area contributed by atoms with Gasteiger partial charge in [0, 0.05) is 14.3 Å². The Hall–Kier alpha value is -2.29. The van der Waals surface area contributed by atoms with Crippen LogP contribution in [0.5, 0.6) is 0 Å². The van der Waals surface area contributed by atoms with Crippen LogP contribution in [0.4, 0.5) is 0 Å². The van der Waals surface area contributed by atoms with Crippen molar-refractivity contribution < 1.29 is 0 Å². The second kappa shape index (κ2) is 6.95. The largest absolute Gasteiger partial charge is 0.0894 e. The average Bonchev–Trinajstić information content (AvgIpc) is 2.73. The monoisotopic (exact) mass is 442 g/mol. The van der Waals surface area contributed by atoms with E-state index in [1.807, 2.05) is 11.8 Å². The fourth-order valence-electron chi connectivity index (χ4n) is 4.34. The van der Waals surface area contributed by atoms with E-state index in [4.69, 9.17) is 0 Å². The molecular formula is C26H19BrS. The van der Waals surface area contributed by atoms with Crippen molar-refractivity contribution in [1.29, 1.82) is 0 Å². The van der Waals surface area contributed by atoms with Gasteiger partial charge in [0.2, 0.25) is 0 Å². The van der Waals surface area contributed by atoms with Gasteiger partial charge in [-0.15, -0.1) is 0 Å². The molecule has 0 saturated heterocycles. The third-order valence-electron chi connectivity index (χ3n) is 5.52. The van der Waals surface area contributed by atoms with Gasteiger partial charge in [0.05, 0.1) is 5.41 Å². The van der Waals surface area contributed by atoms with Crippen LogP contribution in [0.3, 0.4) is 0 Å². The van der Waals surface area contributed by atoms with Crippen molar-refractivity contribution in [3.8, 4) is 0 Å². The molecule has 4 aromatic rings. The number of halogens is 1. The van der Waals surface area contributed by atoms with Crippen LogP contribution in [-0.4, -0.2) is 0 Å². The number of benzene rings is 4. The van der Waals surface area contributed by atoms with Crippen molar-refractivity contribution >= 4 is 27.7 Å². The van der Waals surface area contributed by atoms with Crippen LogP contribution in [0, 0.1) is 6.92 Å². The van der Waals surface area contributed by atoms with Gasteiger partial charge >= 0.3 is 0 Å². The first-order valence-corrected chi connectivity index (χ1v) is 11.0. The van der Waals surface area contributed by atoms with Crippen LogP contribution in [0.25, 0.3) is 0 Å². The van der Waals surface area contributed by atoms with Crippen LogP contribution in [0.15, 0.2) is 111 Å². The highest BCUT2D eigenvalue weighted by molar-refractivity contribution is 9.10. The third kappa shape index (κ3) is 2.67. The van der Waals surface area contributed by atoms with Gasteiger partial charge in [0.1, 0.15) is 0 Å². The molecule has 0 nitrogen and oxygen atoms in total. The van der Waals surface area contributed by atoms with E-state index in [-0.39, 0.29) is 5.41 Å². The Kier molecular flexibility index (Phi) is 4.41. The first-order valence-electron chi connectivity index (χ1n) is 9.39. The van der Waals surface area contributed by atoms with Crippen molar-refractivity contribution in [2.75, 3.05) is 0 Å². The fourth-order valence-corrected chi connectivity index (χ4v) is 5.97. The molecule has 1 aliphatic rings. The highest BCUT2D eigenvalue weighted by Gasteiger charge is 2.44. The summed E-state index contributed by atoms with van der Waals surface area (Å²) in [5, 5.41) is 0. The zero-order valence-corrected chi connectivity index (χ0v) is 17.9. The fraction of sp³-hybridized carbons (Fsp3) is 0.0769. The standard InChI is InChI=1S/C26H19BrS/c1-18-12-14-22-25(16-18)28-24-15-13-21(27)17-23(24)26(22,19-8-4-2-5-9-19)20-10-6-3-7-11-20/h2-17H,1H3. The summed E-state index contributed by atoms with van der Waals surface area (Å²) in [6.45, 7) is 2.17. The molecule has 0 saturated carbocycles. The van der Waals surface area contributed by atoms with Gasteiger partial charge in [-0.3, -0.25) is 0 Å². The summed E-state index contributed by atoms with van der Waals surface area (Å²) < 4.78 is 1.11.